The molecule has 0 aromatic heterocycles. The topological polar surface area (TPSA) is 52.7 Å². The van der Waals surface area contributed by atoms with Crippen LogP contribution in [0.3, 0.4) is 0 Å². The third-order valence-corrected chi connectivity index (χ3v) is 5.96. The quantitative estimate of drug-likeness (QED) is 0.836. The van der Waals surface area contributed by atoms with Crippen LogP contribution in [-0.2, 0) is 0 Å². The molecule has 2 saturated heterocycles. The van der Waals surface area contributed by atoms with Crippen LogP contribution >= 0.6 is 0 Å². The first-order valence-electron chi connectivity index (χ1n) is 10.7. The summed E-state index contributed by atoms with van der Waals surface area (Å²) in [6, 6.07) is 13.3. The van der Waals surface area contributed by atoms with Crippen molar-refractivity contribution in [2.75, 3.05) is 36.4 Å². The van der Waals surface area contributed by atoms with E-state index in [0.29, 0.717) is 16.8 Å². The van der Waals surface area contributed by atoms with Crippen molar-refractivity contribution in [3.8, 4) is 0 Å². The second-order valence-corrected chi connectivity index (χ2v) is 8.05. The highest BCUT2D eigenvalue weighted by Gasteiger charge is 2.25. The van der Waals surface area contributed by atoms with Crippen molar-refractivity contribution in [1.82, 2.24) is 4.90 Å². The Morgan fingerprint density at radius 3 is 2.24 bits per heavy atom. The molecule has 2 heterocycles. The molecule has 0 bridgehead atoms. The number of carbonyl (C=O) groups excluding carboxylic acids is 2. The van der Waals surface area contributed by atoms with Gasteiger partial charge in [0.25, 0.3) is 11.8 Å². The molecule has 2 aliphatic rings. The summed E-state index contributed by atoms with van der Waals surface area (Å²) in [5.41, 5.74) is 3.96. The highest BCUT2D eigenvalue weighted by Crippen LogP contribution is 2.29. The number of likely N-dealkylation sites (tertiary alicyclic amines) is 1. The molecule has 5 heteroatoms. The van der Waals surface area contributed by atoms with Gasteiger partial charge in [-0.1, -0.05) is 18.2 Å². The minimum Gasteiger partial charge on any atom is -0.371 e. The number of amides is 2. The number of aryl methyl sites for hydroxylation is 1. The molecule has 0 saturated carbocycles. The molecule has 0 unspecified atom stereocenters. The normalized spacial score (nSPS) is 16.7. The minimum atomic E-state index is -0.145. The van der Waals surface area contributed by atoms with Crippen LogP contribution in [0.15, 0.2) is 42.5 Å². The molecule has 2 aromatic carbocycles. The highest BCUT2D eigenvalue weighted by molar-refractivity contribution is 6.07. The van der Waals surface area contributed by atoms with Gasteiger partial charge in [-0.25, -0.2) is 0 Å². The van der Waals surface area contributed by atoms with Crippen molar-refractivity contribution in [2.24, 2.45) is 0 Å². The van der Waals surface area contributed by atoms with E-state index in [0.717, 1.165) is 63.1 Å². The zero-order chi connectivity index (χ0) is 20.2. The Hall–Kier alpha value is -2.82. The van der Waals surface area contributed by atoms with Gasteiger partial charge < -0.3 is 15.1 Å². The SMILES string of the molecule is Cc1ccccc1C(=O)Nc1ccc(N2CCCCC2)c(C(=O)N2CCCC2)c1. The molecular formula is C24H29N3O2. The van der Waals surface area contributed by atoms with Crippen LogP contribution in [0.25, 0.3) is 0 Å². The summed E-state index contributed by atoms with van der Waals surface area (Å²) in [4.78, 5) is 30.3. The average Bonchev–Trinajstić information content (AvgIpc) is 3.29. The Labute approximate surface area is 172 Å². The van der Waals surface area contributed by atoms with Gasteiger partial charge in [0, 0.05) is 43.1 Å². The van der Waals surface area contributed by atoms with Gasteiger partial charge in [-0.05, 0) is 68.9 Å². The predicted molar refractivity (Wildman–Crippen MR) is 117 cm³/mol. The van der Waals surface area contributed by atoms with Crippen molar-refractivity contribution in [2.45, 2.75) is 39.0 Å². The standard InChI is InChI=1S/C24H29N3O2/c1-18-9-3-4-10-20(18)23(28)25-19-11-12-22(26-13-5-2-6-14-26)21(17-19)24(29)27-15-7-8-16-27/h3-4,9-12,17H,2,5-8,13-16H2,1H3,(H,25,28). The third-order valence-electron chi connectivity index (χ3n) is 5.96. The maximum absolute atomic E-state index is 13.3. The first-order chi connectivity index (χ1) is 14.1. The van der Waals surface area contributed by atoms with Crippen LogP contribution in [0.1, 0.15) is 58.4 Å². The summed E-state index contributed by atoms with van der Waals surface area (Å²) >= 11 is 0. The lowest BCUT2D eigenvalue weighted by Crippen LogP contribution is -2.34. The van der Waals surface area contributed by atoms with Crippen LogP contribution in [-0.4, -0.2) is 42.9 Å². The molecular weight excluding hydrogens is 362 g/mol. The molecule has 2 amide bonds. The van der Waals surface area contributed by atoms with Crippen molar-refractivity contribution in [3.05, 3.63) is 59.2 Å². The van der Waals surface area contributed by atoms with E-state index in [9.17, 15) is 9.59 Å². The number of benzene rings is 2. The largest absolute Gasteiger partial charge is 0.371 e. The Kier molecular flexibility index (Phi) is 5.84. The van der Waals surface area contributed by atoms with Gasteiger partial charge in [0.2, 0.25) is 0 Å². The molecule has 2 aromatic rings. The zero-order valence-corrected chi connectivity index (χ0v) is 17.1. The van der Waals surface area contributed by atoms with E-state index in [2.05, 4.69) is 10.2 Å². The van der Waals surface area contributed by atoms with E-state index in [-0.39, 0.29) is 11.8 Å². The molecule has 152 valence electrons. The first kappa shape index (κ1) is 19.5. The van der Waals surface area contributed by atoms with Crippen LogP contribution in [0, 0.1) is 6.92 Å². The maximum atomic E-state index is 13.3. The molecule has 0 atom stereocenters. The summed E-state index contributed by atoms with van der Waals surface area (Å²) < 4.78 is 0. The third kappa shape index (κ3) is 4.29. The summed E-state index contributed by atoms with van der Waals surface area (Å²) in [6.07, 6.45) is 5.69. The molecule has 0 aliphatic carbocycles. The van der Waals surface area contributed by atoms with Gasteiger partial charge in [0.05, 0.1) is 5.56 Å². The maximum Gasteiger partial charge on any atom is 0.256 e. The number of anilines is 2. The van der Waals surface area contributed by atoms with Crippen molar-refractivity contribution in [3.63, 3.8) is 0 Å². The second-order valence-electron chi connectivity index (χ2n) is 8.05. The monoisotopic (exact) mass is 391 g/mol. The Morgan fingerprint density at radius 2 is 1.52 bits per heavy atom. The van der Waals surface area contributed by atoms with Gasteiger partial charge in [0.15, 0.2) is 0 Å². The molecule has 29 heavy (non-hydrogen) atoms. The Balaban J connectivity index is 1.63. The number of nitrogens with one attached hydrogen (secondary N) is 1. The molecule has 4 rings (SSSR count). The average molecular weight is 392 g/mol. The van der Waals surface area contributed by atoms with Crippen molar-refractivity contribution < 1.29 is 9.59 Å². The lowest BCUT2D eigenvalue weighted by atomic mass is 10.0. The van der Waals surface area contributed by atoms with Crippen LogP contribution in [0.2, 0.25) is 0 Å². The van der Waals surface area contributed by atoms with E-state index in [4.69, 9.17) is 0 Å². The fourth-order valence-corrected chi connectivity index (χ4v) is 4.31. The van der Waals surface area contributed by atoms with E-state index in [1.54, 1.807) is 0 Å². The van der Waals surface area contributed by atoms with E-state index in [1.807, 2.05) is 54.3 Å². The number of rotatable bonds is 4. The van der Waals surface area contributed by atoms with Gasteiger partial charge in [-0.15, -0.1) is 0 Å². The van der Waals surface area contributed by atoms with Gasteiger partial charge in [0.1, 0.15) is 0 Å². The van der Waals surface area contributed by atoms with E-state index < -0.39 is 0 Å². The van der Waals surface area contributed by atoms with Crippen molar-refractivity contribution >= 4 is 23.2 Å². The highest BCUT2D eigenvalue weighted by atomic mass is 16.2. The van der Waals surface area contributed by atoms with E-state index in [1.165, 1.54) is 6.42 Å². The van der Waals surface area contributed by atoms with Crippen molar-refractivity contribution in [1.29, 1.82) is 0 Å². The summed E-state index contributed by atoms with van der Waals surface area (Å²) in [5, 5.41) is 2.99. The molecule has 0 spiro atoms. The minimum absolute atomic E-state index is 0.0788. The van der Waals surface area contributed by atoms with Gasteiger partial charge >= 0.3 is 0 Å². The summed E-state index contributed by atoms with van der Waals surface area (Å²) in [5.74, 6) is -0.0662. The van der Waals surface area contributed by atoms with Gasteiger partial charge in [-0.3, -0.25) is 9.59 Å². The van der Waals surface area contributed by atoms with Crippen LogP contribution in [0.5, 0.6) is 0 Å². The summed E-state index contributed by atoms with van der Waals surface area (Å²) in [7, 11) is 0. The van der Waals surface area contributed by atoms with Crippen LogP contribution < -0.4 is 10.2 Å². The zero-order valence-electron chi connectivity index (χ0n) is 17.1. The molecule has 5 nitrogen and oxygen atoms in total. The lowest BCUT2D eigenvalue weighted by Gasteiger charge is -2.31. The predicted octanol–water partition coefficient (Wildman–Crippen LogP) is 4.47. The lowest BCUT2D eigenvalue weighted by molar-refractivity contribution is 0.0793. The fourth-order valence-electron chi connectivity index (χ4n) is 4.31. The number of hydrogen-bond acceptors (Lipinski definition) is 3. The van der Waals surface area contributed by atoms with Crippen LogP contribution in [0.4, 0.5) is 11.4 Å². The summed E-state index contributed by atoms with van der Waals surface area (Å²) in [6.45, 7) is 5.53. The molecule has 2 aliphatic heterocycles. The smallest absolute Gasteiger partial charge is 0.256 e. The van der Waals surface area contributed by atoms with Gasteiger partial charge in [-0.2, -0.15) is 0 Å². The number of nitrogens with zero attached hydrogens (tertiary/aromatic N) is 2. The fraction of sp³-hybridized carbons (Fsp3) is 0.417. The number of carbonyl (C=O) groups is 2. The first-order valence-corrected chi connectivity index (χ1v) is 10.7. The Bertz CT molecular complexity index is 897. The van der Waals surface area contributed by atoms with E-state index >= 15 is 0 Å². The second kappa shape index (κ2) is 8.68. The Morgan fingerprint density at radius 1 is 0.828 bits per heavy atom. The number of piperidine rings is 1. The molecule has 2 fully saturated rings. The molecule has 1 N–H and O–H groups in total. The molecule has 0 radical (unpaired) electrons. The number of hydrogen-bond donors (Lipinski definition) is 1.